The number of carbonyl (C=O) groups excluding carboxylic acids is 1. The third kappa shape index (κ3) is 2.87. The van der Waals surface area contributed by atoms with Gasteiger partial charge in [-0.1, -0.05) is 66.7 Å². The Morgan fingerprint density at radius 3 is 2.21 bits per heavy atom. The maximum absolute atomic E-state index is 12.9. The van der Waals surface area contributed by atoms with Crippen molar-refractivity contribution in [1.82, 2.24) is 0 Å². The molecule has 0 radical (unpaired) electrons. The van der Waals surface area contributed by atoms with E-state index in [2.05, 4.69) is 12.1 Å². The smallest absolute Gasteiger partial charge is 0.340 e. The molecule has 0 N–H and O–H groups in total. The average molecular weight is 434 g/mol. The van der Waals surface area contributed by atoms with Crippen LogP contribution in [0, 0.1) is 0 Å². The molecule has 4 aromatic rings. The minimum absolute atomic E-state index is 0.334. The topological polar surface area (TPSA) is 44.8 Å². The van der Waals surface area contributed by atoms with Gasteiger partial charge in [0.1, 0.15) is 22.8 Å². The van der Waals surface area contributed by atoms with E-state index in [1.807, 2.05) is 98.8 Å². The van der Waals surface area contributed by atoms with E-state index in [-0.39, 0.29) is 5.97 Å². The number of benzene rings is 4. The van der Waals surface area contributed by atoms with Crippen molar-refractivity contribution in [1.29, 1.82) is 0 Å². The Hall–Kier alpha value is -4.05. The van der Waals surface area contributed by atoms with Gasteiger partial charge in [-0.05, 0) is 43.7 Å². The Bertz CT molecular complexity index is 1390. The van der Waals surface area contributed by atoms with Gasteiger partial charge in [0, 0.05) is 22.8 Å². The van der Waals surface area contributed by atoms with Crippen molar-refractivity contribution in [2.45, 2.75) is 25.0 Å². The number of hydrogen-bond acceptors (Lipinski definition) is 4. The number of carbonyl (C=O) groups is 1. The normalized spacial score (nSPS) is 18.1. The quantitative estimate of drug-likeness (QED) is 0.342. The number of para-hydroxylation sites is 1. The molecule has 0 fully saturated rings. The van der Waals surface area contributed by atoms with Crippen molar-refractivity contribution in [3.63, 3.8) is 0 Å². The highest BCUT2D eigenvalue weighted by Crippen LogP contribution is 2.56. The maximum Gasteiger partial charge on any atom is 0.340 e. The van der Waals surface area contributed by atoms with Crippen LogP contribution in [0.4, 0.5) is 0 Å². The molecule has 4 heteroatoms. The lowest BCUT2D eigenvalue weighted by Gasteiger charge is -2.37. The van der Waals surface area contributed by atoms with Crippen LogP contribution in [0.1, 0.15) is 46.5 Å². The van der Waals surface area contributed by atoms with E-state index in [1.165, 1.54) is 0 Å². The minimum Gasteiger partial charge on any atom is -0.483 e. The van der Waals surface area contributed by atoms with E-state index in [4.69, 9.17) is 14.2 Å². The zero-order valence-electron chi connectivity index (χ0n) is 18.4. The molecule has 4 aromatic carbocycles. The van der Waals surface area contributed by atoms with Crippen LogP contribution in [0.3, 0.4) is 0 Å². The van der Waals surface area contributed by atoms with Gasteiger partial charge in [-0.25, -0.2) is 4.79 Å². The van der Waals surface area contributed by atoms with E-state index in [0.717, 1.165) is 22.3 Å². The Morgan fingerprint density at radius 2 is 1.39 bits per heavy atom. The molecule has 6 rings (SSSR count). The number of rotatable bonds is 3. The summed E-state index contributed by atoms with van der Waals surface area (Å²) in [6.45, 7) is 4.07. The van der Waals surface area contributed by atoms with E-state index in [9.17, 15) is 4.79 Å². The summed E-state index contributed by atoms with van der Waals surface area (Å²) in [4.78, 5) is 12.9. The number of hydrogen-bond donors (Lipinski definition) is 0. The fourth-order valence-corrected chi connectivity index (χ4v) is 4.86. The second-order valence-corrected chi connectivity index (χ2v) is 8.85. The molecule has 0 aliphatic carbocycles. The van der Waals surface area contributed by atoms with Crippen LogP contribution in [0.15, 0.2) is 97.1 Å². The van der Waals surface area contributed by atoms with Gasteiger partial charge in [0.15, 0.2) is 5.60 Å². The summed E-state index contributed by atoms with van der Waals surface area (Å²) >= 11 is 0. The number of esters is 1. The van der Waals surface area contributed by atoms with Gasteiger partial charge in [-0.3, -0.25) is 0 Å². The van der Waals surface area contributed by atoms with E-state index >= 15 is 0 Å². The van der Waals surface area contributed by atoms with Crippen molar-refractivity contribution >= 4 is 5.97 Å². The molecule has 0 saturated heterocycles. The second kappa shape index (κ2) is 6.97. The molecule has 162 valence electrons. The van der Waals surface area contributed by atoms with Gasteiger partial charge in [-0.2, -0.15) is 0 Å². The molecule has 1 unspecified atom stereocenters. The van der Waals surface area contributed by atoms with E-state index in [1.54, 1.807) is 0 Å². The predicted molar refractivity (Wildman–Crippen MR) is 125 cm³/mol. The molecular formula is C29H22O4. The van der Waals surface area contributed by atoms with Crippen molar-refractivity contribution in [2.75, 3.05) is 0 Å². The molecule has 0 aromatic heterocycles. The van der Waals surface area contributed by atoms with Crippen molar-refractivity contribution in [3.05, 3.63) is 125 Å². The largest absolute Gasteiger partial charge is 0.483 e. The highest BCUT2D eigenvalue weighted by atomic mass is 16.6. The van der Waals surface area contributed by atoms with Gasteiger partial charge < -0.3 is 14.2 Å². The molecule has 0 amide bonds. The Morgan fingerprint density at radius 1 is 0.727 bits per heavy atom. The first-order valence-corrected chi connectivity index (χ1v) is 11.0. The van der Waals surface area contributed by atoms with Crippen molar-refractivity contribution in [3.8, 4) is 17.2 Å². The van der Waals surface area contributed by atoms with E-state index in [0.29, 0.717) is 22.8 Å². The van der Waals surface area contributed by atoms with Gasteiger partial charge in [0.05, 0.1) is 5.56 Å². The fourth-order valence-electron chi connectivity index (χ4n) is 4.86. The van der Waals surface area contributed by atoms with Crippen molar-refractivity contribution < 1.29 is 19.0 Å². The van der Waals surface area contributed by atoms with Crippen LogP contribution < -0.4 is 9.47 Å². The average Bonchev–Trinajstić information content (AvgIpc) is 3.12. The van der Waals surface area contributed by atoms with Gasteiger partial charge in [0.2, 0.25) is 0 Å². The third-order valence-electron chi connectivity index (χ3n) is 6.43. The first-order valence-electron chi connectivity index (χ1n) is 11.0. The summed E-state index contributed by atoms with van der Waals surface area (Å²) in [5, 5.41) is 0. The molecule has 2 aliphatic heterocycles. The highest BCUT2D eigenvalue weighted by molar-refractivity contribution is 5.97. The van der Waals surface area contributed by atoms with Crippen LogP contribution in [0.5, 0.6) is 17.2 Å². The van der Waals surface area contributed by atoms with Gasteiger partial charge in [-0.15, -0.1) is 0 Å². The van der Waals surface area contributed by atoms with E-state index < -0.39 is 11.2 Å². The minimum atomic E-state index is -1.05. The number of ether oxygens (including phenoxy) is 3. The summed E-state index contributed by atoms with van der Waals surface area (Å²) in [7, 11) is 0. The summed E-state index contributed by atoms with van der Waals surface area (Å²) < 4.78 is 18.9. The van der Waals surface area contributed by atoms with Gasteiger partial charge >= 0.3 is 5.97 Å². The summed E-state index contributed by atoms with van der Waals surface area (Å²) in [5.41, 5.74) is 2.48. The molecule has 1 spiro atoms. The van der Waals surface area contributed by atoms with Crippen LogP contribution >= 0.6 is 0 Å². The number of fused-ring (bicyclic) bond motifs is 6. The molecule has 1 atom stereocenters. The summed E-state index contributed by atoms with van der Waals surface area (Å²) in [5.74, 6) is 1.61. The SMILES string of the molecule is CC(C)(Oc1ccc2c(c1)Oc1ccccc1C21OC(=O)c2ccccc21)c1ccccc1. The van der Waals surface area contributed by atoms with Crippen LogP contribution in [0.25, 0.3) is 0 Å². The Labute approximate surface area is 192 Å². The molecule has 0 bridgehead atoms. The predicted octanol–water partition coefficient (Wildman–Crippen LogP) is 6.57. The van der Waals surface area contributed by atoms with Crippen LogP contribution in [0.2, 0.25) is 0 Å². The van der Waals surface area contributed by atoms with Crippen molar-refractivity contribution in [2.24, 2.45) is 0 Å². The molecule has 33 heavy (non-hydrogen) atoms. The lowest BCUT2D eigenvalue weighted by molar-refractivity contribution is 0.0224. The standard InChI is InChI=1S/C29H22O4/c1-28(2,19-10-4-3-5-11-19)32-20-16-17-24-26(18-20)31-25-15-9-8-14-23(25)29(24)22-13-7-6-12-21(22)27(30)33-29/h3-18H,1-2H3. The lowest BCUT2D eigenvalue weighted by Crippen LogP contribution is -2.33. The lowest BCUT2D eigenvalue weighted by atomic mass is 9.78. The maximum atomic E-state index is 12.9. The highest BCUT2D eigenvalue weighted by Gasteiger charge is 2.53. The van der Waals surface area contributed by atoms with Crippen LogP contribution in [-0.4, -0.2) is 5.97 Å². The molecule has 2 aliphatic rings. The molecule has 4 nitrogen and oxygen atoms in total. The third-order valence-corrected chi connectivity index (χ3v) is 6.43. The molecule has 2 heterocycles. The summed E-state index contributed by atoms with van der Waals surface area (Å²) in [6, 6.07) is 31.1. The fraction of sp³-hybridized carbons (Fsp3) is 0.138. The van der Waals surface area contributed by atoms with Crippen LogP contribution in [-0.2, 0) is 15.9 Å². The Balaban J connectivity index is 1.49. The molecule has 0 saturated carbocycles. The summed E-state index contributed by atoms with van der Waals surface area (Å²) in [6.07, 6.45) is 0. The van der Waals surface area contributed by atoms with Gasteiger partial charge in [0.25, 0.3) is 0 Å². The zero-order valence-corrected chi connectivity index (χ0v) is 18.4. The first kappa shape index (κ1) is 19.6. The molecular weight excluding hydrogens is 412 g/mol. The zero-order chi connectivity index (χ0) is 22.6. The Kier molecular flexibility index (Phi) is 4.15. The first-order chi connectivity index (χ1) is 16.0. The second-order valence-electron chi connectivity index (χ2n) is 8.85. The monoisotopic (exact) mass is 434 g/mol.